The van der Waals surface area contributed by atoms with E-state index >= 15 is 0 Å². The second kappa shape index (κ2) is 7.40. The molecule has 1 N–H and O–H groups in total. The number of fused-ring (bicyclic) bond motifs is 1. The van der Waals surface area contributed by atoms with E-state index in [1.54, 1.807) is 36.4 Å². The van der Waals surface area contributed by atoms with Gasteiger partial charge in [-0.3, -0.25) is 29.0 Å². The summed E-state index contributed by atoms with van der Waals surface area (Å²) in [6.07, 6.45) is 0. The molecule has 1 fully saturated rings. The minimum atomic E-state index is -0.740. The Balaban J connectivity index is 1.41. The quantitative estimate of drug-likeness (QED) is 0.690. The third kappa shape index (κ3) is 3.31. The fourth-order valence-corrected chi connectivity index (χ4v) is 4.28. The van der Waals surface area contributed by atoms with Crippen LogP contribution in [0.5, 0.6) is 0 Å². The molecule has 0 aliphatic carbocycles. The molecule has 2 aromatic carbocycles. The van der Waals surface area contributed by atoms with Crippen molar-refractivity contribution in [2.24, 2.45) is 0 Å². The van der Waals surface area contributed by atoms with E-state index in [1.807, 2.05) is 12.1 Å². The third-order valence-electron chi connectivity index (χ3n) is 4.50. The summed E-state index contributed by atoms with van der Waals surface area (Å²) < 4.78 is 0.905. The van der Waals surface area contributed by atoms with Gasteiger partial charge in [-0.1, -0.05) is 28.1 Å². The van der Waals surface area contributed by atoms with Crippen LogP contribution in [0.25, 0.3) is 0 Å². The second-order valence-corrected chi connectivity index (χ2v) is 8.18. The van der Waals surface area contributed by atoms with Gasteiger partial charge in [0.25, 0.3) is 23.0 Å². The van der Waals surface area contributed by atoms with E-state index < -0.39 is 28.3 Å². The van der Waals surface area contributed by atoms with Crippen molar-refractivity contribution in [3.63, 3.8) is 0 Å². The number of benzene rings is 2. The van der Waals surface area contributed by atoms with Gasteiger partial charge in [0.05, 0.1) is 11.1 Å². The van der Waals surface area contributed by atoms with E-state index in [0.717, 1.165) is 26.0 Å². The van der Waals surface area contributed by atoms with Crippen LogP contribution in [0, 0.1) is 0 Å². The molecule has 9 heteroatoms. The average molecular weight is 460 g/mol. The van der Waals surface area contributed by atoms with Crippen LogP contribution in [0.1, 0.15) is 20.7 Å². The molecule has 0 saturated carbocycles. The molecule has 0 radical (unpaired) electrons. The Bertz CT molecular complexity index is 960. The lowest BCUT2D eigenvalue weighted by Crippen LogP contribution is -2.41. The predicted octanol–water partition coefficient (Wildman–Crippen LogP) is 3.18. The predicted molar refractivity (Wildman–Crippen MR) is 108 cm³/mol. The molecule has 28 heavy (non-hydrogen) atoms. The zero-order chi connectivity index (χ0) is 19.8. The molecule has 142 valence electrons. The summed E-state index contributed by atoms with van der Waals surface area (Å²) in [6, 6.07) is 13.8. The number of carbonyl (C=O) groups excluding carboxylic acids is 4. The van der Waals surface area contributed by atoms with Gasteiger partial charge in [-0.05, 0) is 48.2 Å². The van der Waals surface area contributed by atoms with Crippen LogP contribution in [0.2, 0.25) is 0 Å². The normalized spacial score (nSPS) is 18.8. The Morgan fingerprint density at radius 3 is 2.04 bits per heavy atom. The number of imide groups is 2. The number of carbonyl (C=O) groups is 4. The first-order valence-corrected chi connectivity index (χ1v) is 10.1. The number of halogens is 1. The molecule has 0 spiro atoms. The summed E-state index contributed by atoms with van der Waals surface area (Å²) in [4.78, 5) is 51.8. The number of rotatable bonds is 5. The van der Waals surface area contributed by atoms with Crippen molar-refractivity contribution in [3.8, 4) is 0 Å². The SMILES string of the molecule is O=C1SC(Nc2ccc(Br)cc2)C(=O)N1CCN1C(=O)c2ccccc2C1=O. The van der Waals surface area contributed by atoms with Gasteiger partial charge in [0.15, 0.2) is 5.37 Å². The van der Waals surface area contributed by atoms with Crippen LogP contribution in [0.15, 0.2) is 53.0 Å². The van der Waals surface area contributed by atoms with Gasteiger partial charge in [-0.2, -0.15) is 0 Å². The molecule has 4 rings (SSSR count). The van der Waals surface area contributed by atoms with E-state index in [4.69, 9.17) is 0 Å². The molecule has 1 atom stereocenters. The average Bonchev–Trinajstić information content (AvgIpc) is 3.09. The van der Waals surface area contributed by atoms with Crippen LogP contribution in [-0.2, 0) is 4.79 Å². The Morgan fingerprint density at radius 1 is 0.857 bits per heavy atom. The van der Waals surface area contributed by atoms with E-state index in [0.29, 0.717) is 16.8 Å². The van der Waals surface area contributed by atoms with Crippen molar-refractivity contribution in [1.82, 2.24) is 9.80 Å². The molecule has 7 nitrogen and oxygen atoms in total. The maximum Gasteiger partial charge on any atom is 0.290 e. The van der Waals surface area contributed by atoms with Gasteiger partial charge in [-0.15, -0.1) is 0 Å². The molecule has 1 unspecified atom stereocenters. The standard InChI is InChI=1S/C19H14BrN3O4S/c20-11-5-7-12(8-6-11)21-15-18(26)23(19(27)28-15)10-9-22-16(24)13-3-1-2-4-14(13)17(22)25/h1-8,15,21H,9-10H2. The van der Waals surface area contributed by atoms with E-state index in [-0.39, 0.29) is 13.1 Å². The Hall–Kier alpha value is -2.65. The number of nitrogens with zero attached hydrogens (tertiary/aromatic N) is 2. The summed E-state index contributed by atoms with van der Waals surface area (Å²) in [5.41, 5.74) is 1.40. The summed E-state index contributed by atoms with van der Waals surface area (Å²) in [5, 5.41) is 1.87. The largest absolute Gasteiger partial charge is 0.365 e. The smallest absolute Gasteiger partial charge is 0.290 e. The second-order valence-electron chi connectivity index (χ2n) is 6.21. The van der Waals surface area contributed by atoms with Gasteiger partial charge in [0, 0.05) is 23.2 Å². The maximum atomic E-state index is 12.6. The van der Waals surface area contributed by atoms with Crippen molar-refractivity contribution < 1.29 is 19.2 Å². The van der Waals surface area contributed by atoms with Crippen molar-refractivity contribution in [3.05, 3.63) is 64.1 Å². The highest BCUT2D eigenvalue weighted by atomic mass is 79.9. The van der Waals surface area contributed by atoms with Crippen LogP contribution in [-0.4, -0.2) is 51.2 Å². The molecule has 2 heterocycles. The van der Waals surface area contributed by atoms with Gasteiger partial charge in [-0.25, -0.2) is 0 Å². The Labute approximate surface area is 173 Å². The molecular weight excluding hydrogens is 446 g/mol. The monoisotopic (exact) mass is 459 g/mol. The number of thioether (sulfide) groups is 1. The van der Waals surface area contributed by atoms with Crippen molar-refractivity contribution in [1.29, 1.82) is 0 Å². The Morgan fingerprint density at radius 2 is 1.43 bits per heavy atom. The lowest BCUT2D eigenvalue weighted by Gasteiger charge is -2.19. The number of hydrogen-bond acceptors (Lipinski definition) is 6. The van der Waals surface area contributed by atoms with Gasteiger partial charge in [0.2, 0.25) is 0 Å². The van der Waals surface area contributed by atoms with E-state index in [2.05, 4.69) is 21.2 Å². The fourth-order valence-electron chi connectivity index (χ4n) is 3.08. The third-order valence-corrected chi connectivity index (χ3v) is 6.00. The molecule has 2 aromatic rings. The molecule has 1 saturated heterocycles. The van der Waals surface area contributed by atoms with Crippen LogP contribution < -0.4 is 5.32 Å². The molecule has 0 bridgehead atoms. The van der Waals surface area contributed by atoms with Crippen LogP contribution in [0.3, 0.4) is 0 Å². The molecule has 2 aliphatic rings. The first kappa shape index (κ1) is 18.7. The van der Waals surface area contributed by atoms with Crippen LogP contribution in [0.4, 0.5) is 10.5 Å². The topological polar surface area (TPSA) is 86.8 Å². The number of amides is 4. The van der Waals surface area contributed by atoms with Crippen molar-refractivity contribution in [2.75, 3.05) is 18.4 Å². The van der Waals surface area contributed by atoms with Crippen LogP contribution >= 0.6 is 27.7 Å². The van der Waals surface area contributed by atoms with Gasteiger partial charge >= 0.3 is 0 Å². The fraction of sp³-hybridized carbons (Fsp3) is 0.158. The zero-order valence-corrected chi connectivity index (χ0v) is 16.8. The number of anilines is 1. The minimum absolute atomic E-state index is 0.0324. The maximum absolute atomic E-state index is 12.6. The summed E-state index contributed by atoms with van der Waals surface area (Å²) in [5.74, 6) is -1.21. The zero-order valence-electron chi connectivity index (χ0n) is 14.4. The highest BCUT2D eigenvalue weighted by Crippen LogP contribution is 2.29. The highest BCUT2D eigenvalue weighted by Gasteiger charge is 2.41. The highest BCUT2D eigenvalue weighted by molar-refractivity contribution is 9.10. The molecule has 4 amide bonds. The Kier molecular flexibility index (Phi) is 4.94. The number of nitrogens with one attached hydrogen (secondary N) is 1. The van der Waals surface area contributed by atoms with Gasteiger partial charge < -0.3 is 5.32 Å². The van der Waals surface area contributed by atoms with Gasteiger partial charge in [0.1, 0.15) is 0 Å². The summed E-state index contributed by atoms with van der Waals surface area (Å²) in [6.45, 7) is -0.0654. The minimum Gasteiger partial charge on any atom is -0.365 e. The lowest BCUT2D eigenvalue weighted by molar-refractivity contribution is -0.126. The lowest BCUT2D eigenvalue weighted by atomic mass is 10.1. The summed E-state index contributed by atoms with van der Waals surface area (Å²) in [7, 11) is 0. The first-order chi connectivity index (χ1) is 13.5. The molecule has 2 aliphatic heterocycles. The van der Waals surface area contributed by atoms with E-state index in [1.165, 1.54) is 0 Å². The number of hydrogen-bond donors (Lipinski definition) is 1. The molecule has 0 aromatic heterocycles. The van der Waals surface area contributed by atoms with E-state index in [9.17, 15) is 19.2 Å². The first-order valence-electron chi connectivity index (χ1n) is 8.45. The summed E-state index contributed by atoms with van der Waals surface area (Å²) >= 11 is 4.22. The molecular formula is C19H14BrN3O4S. The van der Waals surface area contributed by atoms with Crippen molar-refractivity contribution >= 4 is 56.3 Å². The van der Waals surface area contributed by atoms with Crippen molar-refractivity contribution in [2.45, 2.75) is 5.37 Å².